The number of primary amides is 1. The maximum absolute atomic E-state index is 11.1. The van der Waals surface area contributed by atoms with Gasteiger partial charge in [0.15, 0.2) is 0 Å². The van der Waals surface area contributed by atoms with Crippen LogP contribution < -0.4 is 10.6 Å². The van der Waals surface area contributed by atoms with Gasteiger partial charge in [0, 0.05) is 44.0 Å². The summed E-state index contributed by atoms with van der Waals surface area (Å²) in [5.74, 6) is -0.397. The van der Waals surface area contributed by atoms with Crippen LogP contribution in [-0.2, 0) is 6.54 Å². The van der Waals surface area contributed by atoms with Crippen LogP contribution >= 0.6 is 0 Å². The van der Waals surface area contributed by atoms with Gasteiger partial charge in [-0.25, -0.2) is 0 Å². The van der Waals surface area contributed by atoms with Crippen LogP contribution in [0.1, 0.15) is 21.5 Å². The van der Waals surface area contributed by atoms with Crippen molar-refractivity contribution in [3.63, 3.8) is 0 Å². The number of rotatable bonds is 4. The smallest absolute Gasteiger partial charge is 0.248 e. The van der Waals surface area contributed by atoms with E-state index in [0.29, 0.717) is 11.1 Å². The number of benzene rings is 2. The minimum atomic E-state index is -0.397. The molecule has 1 fully saturated rings. The molecule has 1 aliphatic heterocycles. The molecule has 122 valence electrons. The van der Waals surface area contributed by atoms with Crippen LogP contribution in [0.15, 0.2) is 48.5 Å². The first-order valence-corrected chi connectivity index (χ1v) is 8.02. The molecule has 1 saturated heterocycles. The van der Waals surface area contributed by atoms with E-state index in [9.17, 15) is 4.79 Å². The first-order chi connectivity index (χ1) is 11.7. The number of hydrogen-bond acceptors (Lipinski definition) is 4. The van der Waals surface area contributed by atoms with E-state index in [-0.39, 0.29) is 0 Å². The lowest BCUT2D eigenvalue weighted by molar-refractivity contribution is 0.100. The second-order valence-electron chi connectivity index (χ2n) is 5.99. The lowest BCUT2D eigenvalue weighted by Gasteiger charge is -2.36. The van der Waals surface area contributed by atoms with E-state index in [0.717, 1.165) is 38.4 Å². The largest absolute Gasteiger partial charge is 0.369 e. The van der Waals surface area contributed by atoms with Crippen molar-refractivity contribution in [1.82, 2.24) is 4.90 Å². The number of nitrogens with zero attached hydrogens (tertiary/aromatic N) is 3. The molecular formula is C19H20N4O. The SMILES string of the molecule is N#Cc1cccc(CN2CCN(c3ccc(C(N)=O)cc3)CC2)c1. The highest BCUT2D eigenvalue weighted by Crippen LogP contribution is 2.18. The van der Waals surface area contributed by atoms with Crippen LogP contribution in [0.5, 0.6) is 0 Å². The Morgan fingerprint density at radius 2 is 1.79 bits per heavy atom. The van der Waals surface area contributed by atoms with Crippen molar-refractivity contribution in [3.05, 3.63) is 65.2 Å². The number of anilines is 1. The number of nitrogens with two attached hydrogens (primary N) is 1. The summed E-state index contributed by atoms with van der Waals surface area (Å²) in [5.41, 5.74) is 8.81. The first-order valence-electron chi connectivity index (χ1n) is 8.02. The molecule has 0 saturated carbocycles. The Morgan fingerprint density at radius 1 is 1.08 bits per heavy atom. The van der Waals surface area contributed by atoms with Crippen molar-refractivity contribution in [3.8, 4) is 6.07 Å². The number of amides is 1. The van der Waals surface area contributed by atoms with Gasteiger partial charge in [0.05, 0.1) is 11.6 Å². The summed E-state index contributed by atoms with van der Waals surface area (Å²) in [6.07, 6.45) is 0. The summed E-state index contributed by atoms with van der Waals surface area (Å²) < 4.78 is 0. The first kappa shape index (κ1) is 16.0. The zero-order valence-corrected chi connectivity index (χ0v) is 13.5. The predicted octanol–water partition coefficient (Wildman–Crippen LogP) is 1.98. The van der Waals surface area contributed by atoms with Gasteiger partial charge in [-0.15, -0.1) is 0 Å². The average molecular weight is 320 g/mol. The van der Waals surface area contributed by atoms with E-state index in [1.165, 1.54) is 5.56 Å². The summed E-state index contributed by atoms with van der Waals surface area (Å²) in [6.45, 7) is 4.67. The van der Waals surface area contributed by atoms with Crippen molar-refractivity contribution in [1.29, 1.82) is 5.26 Å². The molecule has 1 heterocycles. The molecule has 1 amide bonds. The molecule has 0 aromatic heterocycles. The highest BCUT2D eigenvalue weighted by Gasteiger charge is 2.17. The van der Waals surface area contributed by atoms with Gasteiger partial charge in [-0.2, -0.15) is 5.26 Å². The van der Waals surface area contributed by atoms with Crippen molar-refractivity contribution in [2.45, 2.75) is 6.54 Å². The maximum atomic E-state index is 11.1. The third kappa shape index (κ3) is 3.73. The fourth-order valence-corrected chi connectivity index (χ4v) is 3.00. The Balaban J connectivity index is 1.57. The van der Waals surface area contributed by atoms with Crippen LogP contribution in [0.3, 0.4) is 0 Å². The number of nitriles is 1. The molecule has 2 aromatic rings. The van der Waals surface area contributed by atoms with Gasteiger partial charge in [0.25, 0.3) is 0 Å². The van der Waals surface area contributed by atoms with E-state index >= 15 is 0 Å². The molecular weight excluding hydrogens is 300 g/mol. The highest BCUT2D eigenvalue weighted by atomic mass is 16.1. The molecule has 3 rings (SSSR count). The molecule has 0 atom stereocenters. The highest BCUT2D eigenvalue weighted by molar-refractivity contribution is 5.93. The van der Waals surface area contributed by atoms with Crippen molar-refractivity contribution >= 4 is 11.6 Å². The molecule has 24 heavy (non-hydrogen) atoms. The number of piperazine rings is 1. The maximum Gasteiger partial charge on any atom is 0.248 e. The molecule has 0 aliphatic carbocycles. The summed E-state index contributed by atoms with van der Waals surface area (Å²) in [6, 6.07) is 17.4. The summed E-state index contributed by atoms with van der Waals surface area (Å²) in [5, 5.41) is 8.98. The topological polar surface area (TPSA) is 73.4 Å². The van der Waals surface area contributed by atoms with Crippen LogP contribution in [0.2, 0.25) is 0 Å². The summed E-state index contributed by atoms with van der Waals surface area (Å²) in [7, 11) is 0. The Labute approximate surface area is 141 Å². The molecule has 0 bridgehead atoms. The van der Waals surface area contributed by atoms with E-state index < -0.39 is 5.91 Å². The summed E-state index contributed by atoms with van der Waals surface area (Å²) >= 11 is 0. The van der Waals surface area contributed by atoms with Gasteiger partial charge in [0.1, 0.15) is 0 Å². The third-order valence-corrected chi connectivity index (χ3v) is 4.35. The number of carbonyl (C=O) groups is 1. The van der Waals surface area contributed by atoms with Gasteiger partial charge >= 0.3 is 0 Å². The molecule has 5 nitrogen and oxygen atoms in total. The average Bonchev–Trinajstić information content (AvgIpc) is 2.62. The van der Waals surface area contributed by atoms with Crippen LogP contribution in [0.4, 0.5) is 5.69 Å². The zero-order chi connectivity index (χ0) is 16.9. The van der Waals surface area contributed by atoms with Gasteiger partial charge in [-0.1, -0.05) is 12.1 Å². The Bertz CT molecular complexity index is 756. The van der Waals surface area contributed by atoms with Crippen LogP contribution in [0.25, 0.3) is 0 Å². The van der Waals surface area contributed by atoms with E-state index in [4.69, 9.17) is 11.0 Å². The molecule has 0 unspecified atom stereocenters. The lowest BCUT2D eigenvalue weighted by atomic mass is 10.1. The second kappa shape index (κ2) is 7.16. The predicted molar refractivity (Wildman–Crippen MR) is 93.6 cm³/mol. The lowest BCUT2D eigenvalue weighted by Crippen LogP contribution is -2.45. The molecule has 0 spiro atoms. The minimum absolute atomic E-state index is 0.397. The zero-order valence-electron chi connectivity index (χ0n) is 13.5. The standard InChI is InChI=1S/C19H20N4O/c20-13-15-2-1-3-16(12-15)14-22-8-10-23(11-9-22)18-6-4-17(5-7-18)19(21)24/h1-7,12H,8-11,14H2,(H2,21,24). The fourth-order valence-electron chi connectivity index (χ4n) is 3.00. The Morgan fingerprint density at radius 3 is 2.42 bits per heavy atom. The van der Waals surface area contributed by atoms with Gasteiger partial charge < -0.3 is 10.6 Å². The number of hydrogen-bond donors (Lipinski definition) is 1. The normalized spacial score (nSPS) is 15.0. The van der Waals surface area contributed by atoms with E-state index in [2.05, 4.69) is 21.9 Å². The summed E-state index contributed by atoms with van der Waals surface area (Å²) in [4.78, 5) is 15.8. The fraction of sp³-hybridized carbons (Fsp3) is 0.263. The van der Waals surface area contributed by atoms with Crippen molar-refractivity contribution in [2.24, 2.45) is 5.73 Å². The molecule has 2 N–H and O–H groups in total. The van der Waals surface area contributed by atoms with Crippen molar-refractivity contribution < 1.29 is 4.79 Å². The minimum Gasteiger partial charge on any atom is -0.369 e. The molecule has 5 heteroatoms. The van der Waals surface area contributed by atoms with E-state index in [1.807, 2.05) is 30.3 Å². The van der Waals surface area contributed by atoms with Crippen LogP contribution in [-0.4, -0.2) is 37.0 Å². The van der Waals surface area contributed by atoms with Gasteiger partial charge in [-0.05, 0) is 42.0 Å². The van der Waals surface area contributed by atoms with Crippen LogP contribution in [0, 0.1) is 11.3 Å². The van der Waals surface area contributed by atoms with E-state index in [1.54, 1.807) is 12.1 Å². The molecule has 1 aliphatic rings. The number of carbonyl (C=O) groups excluding carboxylic acids is 1. The van der Waals surface area contributed by atoms with Gasteiger partial charge in [-0.3, -0.25) is 9.69 Å². The van der Waals surface area contributed by atoms with Gasteiger partial charge in [0.2, 0.25) is 5.91 Å². The monoisotopic (exact) mass is 320 g/mol. The third-order valence-electron chi connectivity index (χ3n) is 4.35. The Hall–Kier alpha value is -2.84. The second-order valence-corrected chi connectivity index (χ2v) is 5.99. The quantitative estimate of drug-likeness (QED) is 0.935. The molecule has 2 aromatic carbocycles. The Kier molecular flexibility index (Phi) is 4.78. The molecule has 0 radical (unpaired) electrons. The van der Waals surface area contributed by atoms with Crippen molar-refractivity contribution in [2.75, 3.05) is 31.1 Å².